The quantitative estimate of drug-likeness (QED) is 0.467. The third kappa shape index (κ3) is 0.325. The summed E-state index contributed by atoms with van der Waals surface area (Å²) in [5.41, 5.74) is 0.819. The molecule has 0 aromatic heterocycles. The normalized spacial score (nSPS) is 43.3. The molecule has 1 spiro atoms. The summed E-state index contributed by atoms with van der Waals surface area (Å²) in [4.78, 5) is 0. The van der Waals surface area contributed by atoms with Crippen molar-refractivity contribution in [1.29, 1.82) is 0 Å². The van der Waals surface area contributed by atoms with E-state index in [1.165, 1.54) is 19.5 Å². The highest BCUT2D eigenvalue weighted by Gasteiger charge is 2.54. The van der Waals surface area contributed by atoms with Gasteiger partial charge < -0.3 is 5.32 Å². The van der Waals surface area contributed by atoms with Gasteiger partial charge in [0.1, 0.15) is 0 Å². The number of hydrogen-bond acceptors (Lipinski definition) is 1. The van der Waals surface area contributed by atoms with Crippen LogP contribution in [-0.4, -0.2) is 13.1 Å². The minimum atomic E-state index is 0.819. The summed E-state index contributed by atoms with van der Waals surface area (Å²) in [6.07, 6.45) is 1.49. The molecule has 1 aliphatic heterocycles. The van der Waals surface area contributed by atoms with Crippen LogP contribution in [0.2, 0.25) is 0 Å². The molecule has 1 N–H and O–H groups in total. The van der Waals surface area contributed by atoms with Gasteiger partial charge in [-0.1, -0.05) is 6.92 Å². The van der Waals surface area contributed by atoms with Gasteiger partial charge >= 0.3 is 0 Å². The monoisotopic (exact) mass is 97.1 g/mol. The molecule has 0 bridgehead atoms. The molecule has 0 aromatic carbocycles. The first kappa shape index (κ1) is 3.90. The van der Waals surface area contributed by atoms with Gasteiger partial charge in [-0.3, -0.25) is 0 Å². The van der Waals surface area contributed by atoms with Crippen LogP contribution in [0.15, 0.2) is 0 Å². The van der Waals surface area contributed by atoms with Gasteiger partial charge in [-0.25, -0.2) is 0 Å². The van der Waals surface area contributed by atoms with Gasteiger partial charge in [-0.2, -0.15) is 0 Å². The van der Waals surface area contributed by atoms with Crippen molar-refractivity contribution < 1.29 is 0 Å². The molecule has 2 aliphatic rings. The van der Waals surface area contributed by atoms with Crippen LogP contribution < -0.4 is 5.32 Å². The van der Waals surface area contributed by atoms with Gasteiger partial charge in [-0.15, -0.1) is 0 Å². The lowest BCUT2D eigenvalue weighted by atomic mass is 9.98. The molecule has 2 rings (SSSR count). The Balaban J connectivity index is 2.05. The molecule has 0 aromatic rings. The molecule has 40 valence electrons. The molecule has 0 amide bonds. The number of rotatable bonds is 0. The highest BCUT2D eigenvalue weighted by molar-refractivity contribution is 5.08. The molecule has 1 heterocycles. The average molecular weight is 97.2 g/mol. The second-order valence-corrected chi connectivity index (χ2v) is 3.07. The summed E-state index contributed by atoms with van der Waals surface area (Å²) < 4.78 is 0. The van der Waals surface area contributed by atoms with Crippen LogP contribution in [0.25, 0.3) is 0 Å². The van der Waals surface area contributed by atoms with E-state index >= 15 is 0 Å². The van der Waals surface area contributed by atoms with Crippen molar-refractivity contribution in [2.24, 2.45) is 11.3 Å². The Morgan fingerprint density at radius 2 is 2.14 bits per heavy atom. The van der Waals surface area contributed by atoms with E-state index < -0.39 is 0 Å². The molecule has 0 unspecified atom stereocenters. The zero-order valence-corrected chi connectivity index (χ0v) is 4.70. The lowest BCUT2D eigenvalue weighted by Crippen LogP contribution is -2.44. The lowest BCUT2D eigenvalue weighted by molar-refractivity contribution is 0.298. The van der Waals surface area contributed by atoms with E-state index in [0.29, 0.717) is 0 Å². The summed E-state index contributed by atoms with van der Waals surface area (Å²) in [6, 6.07) is 0. The number of nitrogens with one attached hydrogen (secondary N) is 1. The van der Waals surface area contributed by atoms with Crippen LogP contribution >= 0.6 is 0 Å². The molecular formula is C6H11N. The zero-order valence-electron chi connectivity index (χ0n) is 4.70. The van der Waals surface area contributed by atoms with Gasteiger partial charge in [0, 0.05) is 13.1 Å². The summed E-state index contributed by atoms with van der Waals surface area (Å²) >= 11 is 0. The predicted molar refractivity (Wildman–Crippen MR) is 29.1 cm³/mol. The van der Waals surface area contributed by atoms with E-state index in [-0.39, 0.29) is 0 Å². The highest BCUT2D eigenvalue weighted by Crippen LogP contribution is 2.54. The predicted octanol–water partition coefficient (Wildman–Crippen LogP) is 0.616. The summed E-state index contributed by atoms with van der Waals surface area (Å²) in [5, 5.41) is 3.29. The van der Waals surface area contributed by atoms with Gasteiger partial charge in [-0.05, 0) is 17.8 Å². The first-order chi connectivity index (χ1) is 3.33. The Morgan fingerprint density at radius 1 is 1.57 bits per heavy atom. The SMILES string of the molecule is C[C@H]1CC12CNC2. The molecule has 1 nitrogen and oxygen atoms in total. The second kappa shape index (κ2) is 0.873. The molecule has 0 radical (unpaired) electrons. The Labute approximate surface area is 44.1 Å². The van der Waals surface area contributed by atoms with E-state index in [2.05, 4.69) is 12.2 Å². The topological polar surface area (TPSA) is 12.0 Å². The fourth-order valence-electron chi connectivity index (χ4n) is 1.49. The molecule has 1 saturated carbocycles. The van der Waals surface area contributed by atoms with E-state index in [1.807, 2.05) is 0 Å². The third-order valence-corrected chi connectivity index (χ3v) is 2.55. The first-order valence-corrected chi connectivity index (χ1v) is 3.04. The summed E-state index contributed by atoms with van der Waals surface area (Å²) in [6.45, 7) is 4.95. The first-order valence-electron chi connectivity index (χ1n) is 3.04. The fourth-order valence-corrected chi connectivity index (χ4v) is 1.49. The Bertz CT molecular complexity index is 88.8. The Hall–Kier alpha value is -0.0400. The molecular weight excluding hydrogens is 86.1 g/mol. The van der Waals surface area contributed by atoms with E-state index in [4.69, 9.17) is 0 Å². The van der Waals surface area contributed by atoms with Crippen LogP contribution in [0.1, 0.15) is 13.3 Å². The van der Waals surface area contributed by atoms with Crippen molar-refractivity contribution in [2.45, 2.75) is 13.3 Å². The van der Waals surface area contributed by atoms with Gasteiger partial charge in [0.25, 0.3) is 0 Å². The fraction of sp³-hybridized carbons (Fsp3) is 1.00. The molecule has 1 heteroatoms. The summed E-state index contributed by atoms with van der Waals surface area (Å²) in [7, 11) is 0. The van der Waals surface area contributed by atoms with Crippen LogP contribution in [0.5, 0.6) is 0 Å². The van der Waals surface area contributed by atoms with Crippen LogP contribution in [0.4, 0.5) is 0 Å². The van der Waals surface area contributed by atoms with Gasteiger partial charge in [0.15, 0.2) is 0 Å². The van der Waals surface area contributed by atoms with E-state index in [1.54, 1.807) is 0 Å². The Kier molecular flexibility index (Phi) is 0.487. The molecule has 1 atom stereocenters. The van der Waals surface area contributed by atoms with Gasteiger partial charge in [0.2, 0.25) is 0 Å². The third-order valence-electron chi connectivity index (χ3n) is 2.55. The average Bonchev–Trinajstić information content (AvgIpc) is 2.10. The molecule has 1 aliphatic carbocycles. The van der Waals surface area contributed by atoms with Crippen LogP contribution in [0.3, 0.4) is 0 Å². The van der Waals surface area contributed by atoms with Crippen molar-refractivity contribution in [3.8, 4) is 0 Å². The minimum Gasteiger partial charge on any atom is -0.316 e. The van der Waals surface area contributed by atoms with E-state index in [0.717, 1.165) is 11.3 Å². The molecule has 7 heavy (non-hydrogen) atoms. The maximum absolute atomic E-state index is 3.29. The van der Waals surface area contributed by atoms with Crippen molar-refractivity contribution in [1.82, 2.24) is 5.32 Å². The summed E-state index contributed by atoms with van der Waals surface area (Å²) in [5.74, 6) is 1.04. The minimum absolute atomic E-state index is 0.819. The maximum Gasteiger partial charge on any atom is 0.00229 e. The van der Waals surface area contributed by atoms with Crippen LogP contribution in [0, 0.1) is 11.3 Å². The highest BCUT2D eigenvalue weighted by atomic mass is 15.0. The van der Waals surface area contributed by atoms with E-state index in [9.17, 15) is 0 Å². The largest absolute Gasteiger partial charge is 0.316 e. The van der Waals surface area contributed by atoms with Crippen molar-refractivity contribution in [2.75, 3.05) is 13.1 Å². The van der Waals surface area contributed by atoms with Crippen molar-refractivity contribution >= 4 is 0 Å². The Morgan fingerprint density at radius 3 is 2.14 bits per heavy atom. The van der Waals surface area contributed by atoms with Crippen molar-refractivity contribution in [3.63, 3.8) is 0 Å². The standard InChI is InChI=1S/C6H11N/c1-5-2-6(5)3-7-4-6/h5,7H,2-4H2,1H3/t5-/m0/s1. The second-order valence-electron chi connectivity index (χ2n) is 3.07. The van der Waals surface area contributed by atoms with Crippen LogP contribution in [-0.2, 0) is 0 Å². The van der Waals surface area contributed by atoms with Gasteiger partial charge in [0.05, 0.1) is 0 Å². The smallest absolute Gasteiger partial charge is 0.00229 e. The maximum atomic E-state index is 3.29. The molecule has 2 fully saturated rings. The van der Waals surface area contributed by atoms with Crippen molar-refractivity contribution in [3.05, 3.63) is 0 Å². The molecule has 1 saturated heterocycles. The lowest BCUT2D eigenvalue weighted by Gasteiger charge is -2.27. The number of hydrogen-bond donors (Lipinski definition) is 1. The zero-order chi connectivity index (χ0) is 4.91.